The zero-order chi connectivity index (χ0) is 17.5. The van der Waals surface area contributed by atoms with Crippen LogP contribution in [0.5, 0.6) is 0 Å². The summed E-state index contributed by atoms with van der Waals surface area (Å²) in [5, 5.41) is 21.6. The van der Waals surface area contributed by atoms with Crippen molar-refractivity contribution < 1.29 is 39.2 Å². The Hall–Kier alpha value is -0.900. The van der Waals surface area contributed by atoms with Crippen molar-refractivity contribution in [1.29, 1.82) is 0 Å². The second-order valence-corrected chi connectivity index (χ2v) is 8.06. The second kappa shape index (κ2) is 8.81. The van der Waals surface area contributed by atoms with Crippen LogP contribution in [0.3, 0.4) is 0 Å². The van der Waals surface area contributed by atoms with Crippen LogP contribution in [0.15, 0.2) is 12.5 Å². The Bertz CT molecular complexity index is 562. The molecule has 132 valence electrons. The molecule has 1 heterocycles. The minimum absolute atomic E-state index is 0.0948. The normalized spacial score (nSPS) is 15.0. The molecule has 11 nitrogen and oxygen atoms in total. The Kier molecular flexibility index (Phi) is 7.72. The smallest absolute Gasteiger partial charge is 0.365 e. The average molecular weight is 371 g/mol. The lowest BCUT2D eigenvalue weighted by Gasteiger charge is -2.26. The summed E-state index contributed by atoms with van der Waals surface area (Å²) in [4.78, 5) is 33.6. The number of imidazole rings is 1. The van der Waals surface area contributed by atoms with Crippen LogP contribution in [0.25, 0.3) is 0 Å². The van der Waals surface area contributed by atoms with Crippen LogP contribution in [0.2, 0.25) is 0 Å². The summed E-state index contributed by atoms with van der Waals surface area (Å²) in [6.07, 6.45) is 3.55. The van der Waals surface area contributed by atoms with Crippen LogP contribution >= 0.6 is 16.4 Å². The highest BCUT2D eigenvalue weighted by Crippen LogP contribution is 2.59. The van der Waals surface area contributed by atoms with E-state index in [0.717, 1.165) is 0 Å². The maximum atomic E-state index is 11.4. The number of carbonyl (C=O) groups excluding carboxylic acids is 1. The summed E-state index contributed by atoms with van der Waals surface area (Å²) >= 11 is 0. The van der Waals surface area contributed by atoms with Crippen LogP contribution in [-0.2, 0) is 32.0 Å². The number of nitrogens with one attached hydrogen (secondary N) is 1. The molecule has 0 radical (unpaired) electrons. The van der Waals surface area contributed by atoms with Crippen LogP contribution in [-0.4, -0.2) is 47.2 Å². The first-order chi connectivity index (χ1) is 10.7. The molecule has 0 saturated heterocycles. The van der Waals surface area contributed by atoms with Crippen molar-refractivity contribution in [3.05, 3.63) is 18.2 Å². The zero-order valence-corrected chi connectivity index (χ0v) is 14.1. The van der Waals surface area contributed by atoms with Gasteiger partial charge in [-0.05, 0) is 0 Å². The number of rotatable bonds is 10. The number of amides is 1. The van der Waals surface area contributed by atoms with Crippen LogP contribution in [0.4, 0.5) is 0 Å². The number of hydrogen-bond donors (Lipinski definition) is 5. The van der Waals surface area contributed by atoms with Gasteiger partial charge in [-0.15, -0.1) is 0 Å². The predicted molar refractivity (Wildman–Crippen MR) is 79.3 cm³/mol. The molecule has 2 unspecified atom stereocenters. The minimum Gasteiger partial charge on any atom is -0.370 e. The first-order valence-corrected chi connectivity index (χ1v) is 9.03. The van der Waals surface area contributed by atoms with Gasteiger partial charge in [-0.1, -0.05) is 12.0 Å². The van der Waals surface area contributed by atoms with Gasteiger partial charge < -0.3 is 24.8 Å². The highest BCUT2D eigenvalue weighted by Gasteiger charge is 2.47. The Morgan fingerprint density at radius 1 is 1.57 bits per heavy atom. The van der Waals surface area contributed by atoms with E-state index in [-0.39, 0.29) is 5.91 Å². The fourth-order valence-corrected chi connectivity index (χ4v) is 2.95. The van der Waals surface area contributed by atoms with E-state index in [4.69, 9.17) is 5.26 Å². The van der Waals surface area contributed by atoms with Crippen molar-refractivity contribution >= 4 is 22.3 Å². The van der Waals surface area contributed by atoms with Crippen molar-refractivity contribution in [3.63, 3.8) is 0 Å². The summed E-state index contributed by atoms with van der Waals surface area (Å²) in [5.41, 5.74) is 0.567. The van der Waals surface area contributed by atoms with E-state index < -0.39 is 28.0 Å². The molecule has 2 atom stereocenters. The second-order valence-electron chi connectivity index (χ2n) is 4.61. The standard InChI is InChI=1S/C10H19N3O8P2/c1-2-9(14)11-4-3-8-5-13(7-12-8)6-10(15,22-21-20-16)23(17,18)19/h5,7,15-16,22H,2-4,6H2,1H3,(H,11,14)(H2,17,18,19). The number of hydrogen-bond acceptors (Lipinski definition) is 7. The molecule has 1 aromatic heterocycles. The summed E-state index contributed by atoms with van der Waals surface area (Å²) in [6, 6.07) is 0. The number of aromatic nitrogens is 2. The molecule has 0 fully saturated rings. The third-order valence-electron chi connectivity index (χ3n) is 2.84. The van der Waals surface area contributed by atoms with Gasteiger partial charge in [-0.25, -0.2) is 10.2 Å². The van der Waals surface area contributed by atoms with Crippen LogP contribution in [0, 0.1) is 0 Å². The Morgan fingerprint density at radius 3 is 2.83 bits per heavy atom. The lowest BCUT2D eigenvalue weighted by atomic mass is 10.3. The maximum Gasteiger partial charge on any atom is 0.365 e. The van der Waals surface area contributed by atoms with E-state index in [0.29, 0.717) is 25.1 Å². The average Bonchev–Trinajstić information content (AvgIpc) is 2.91. The van der Waals surface area contributed by atoms with Gasteiger partial charge in [-0.2, -0.15) is 4.67 Å². The molecule has 23 heavy (non-hydrogen) atoms. The molecule has 0 saturated carbocycles. The molecular weight excluding hydrogens is 352 g/mol. The molecule has 0 aromatic carbocycles. The molecule has 13 heteroatoms. The fraction of sp³-hybridized carbons (Fsp3) is 0.600. The third kappa shape index (κ3) is 6.25. The quantitative estimate of drug-likeness (QED) is 0.213. The van der Waals surface area contributed by atoms with Crippen LogP contribution in [0.1, 0.15) is 19.0 Å². The molecule has 0 aliphatic carbocycles. The molecule has 1 amide bonds. The number of nitrogens with zero attached hydrogens (tertiary/aromatic N) is 2. The van der Waals surface area contributed by atoms with Gasteiger partial charge >= 0.3 is 7.60 Å². The van der Waals surface area contributed by atoms with Gasteiger partial charge in [0.2, 0.25) is 11.0 Å². The number of carbonyl (C=O) groups is 1. The van der Waals surface area contributed by atoms with E-state index in [1.54, 1.807) is 6.92 Å². The van der Waals surface area contributed by atoms with Crippen molar-refractivity contribution in [2.24, 2.45) is 0 Å². The summed E-state index contributed by atoms with van der Waals surface area (Å²) in [5.74, 6) is -0.0948. The lowest BCUT2D eigenvalue weighted by Crippen LogP contribution is -2.29. The van der Waals surface area contributed by atoms with Gasteiger partial charge in [0.1, 0.15) is 8.81 Å². The highest BCUT2D eigenvalue weighted by atomic mass is 31.2. The Balaban J connectivity index is 2.68. The molecule has 0 bridgehead atoms. The fourth-order valence-electron chi connectivity index (χ4n) is 1.60. The topological polar surface area (TPSA) is 163 Å². The van der Waals surface area contributed by atoms with Crippen molar-refractivity contribution in [2.75, 3.05) is 6.54 Å². The van der Waals surface area contributed by atoms with Gasteiger partial charge in [0, 0.05) is 25.6 Å². The number of aliphatic hydroxyl groups is 1. The monoisotopic (exact) mass is 371 g/mol. The lowest BCUT2D eigenvalue weighted by molar-refractivity contribution is -0.436. The third-order valence-corrected chi connectivity index (χ3v) is 5.73. The van der Waals surface area contributed by atoms with Gasteiger partial charge in [-0.3, -0.25) is 9.36 Å². The first kappa shape index (κ1) is 20.1. The van der Waals surface area contributed by atoms with Crippen molar-refractivity contribution in [3.8, 4) is 0 Å². The SMILES string of the molecule is CCC(=O)NCCc1cn(CC(O)(POOO)P(=O)(O)O)cn1. The molecule has 0 aliphatic heterocycles. The molecule has 5 N–H and O–H groups in total. The van der Waals surface area contributed by atoms with Gasteiger partial charge in [0.15, 0.2) is 0 Å². The van der Waals surface area contributed by atoms with Gasteiger partial charge in [0.05, 0.1) is 18.6 Å². The molecule has 1 aromatic rings. The van der Waals surface area contributed by atoms with Crippen LogP contribution < -0.4 is 5.32 Å². The van der Waals surface area contributed by atoms with E-state index in [2.05, 4.69) is 20.0 Å². The van der Waals surface area contributed by atoms with E-state index >= 15 is 0 Å². The largest absolute Gasteiger partial charge is 0.370 e. The Labute approximate surface area is 133 Å². The Morgan fingerprint density at radius 2 is 2.26 bits per heavy atom. The summed E-state index contributed by atoms with van der Waals surface area (Å²) < 4.78 is 16.7. The molecular formula is C10H19N3O8P2. The van der Waals surface area contributed by atoms with E-state index in [9.17, 15) is 24.3 Å². The highest BCUT2D eigenvalue weighted by molar-refractivity contribution is 7.64. The van der Waals surface area contributed by atoms with Gasteiger partial charge in [0.25, 0.3) is 0 Å². The van der Waals surface area contributed by atoms with Crippen molar-refractivity contribution in [2.45, 2.75) is 31.4 Å². The van der Waals surface area contributed by atoms with E-state index in [1.807, 2.05) is 0 Å². The summed E-state index contributed by atoms with van der Waals surface area (Å²) in [6.45, 7) is 1.58. The zero-order valence-electron chi connectivity index (χ0n) is 12.2. The minimum atomic E-state index is -4.97. The molecule has 0 spiro atoms. The van der Waals surface area contributed by atoms with Crippen molar-refractivity contribution in [1.82, 2.24) is 14.9 Å². The molecule has 0 aliphatic rings. The van der Waals surface area contributed by atoms with E-state index in [1.165, 1.54) is 17.1 Å². The molecule has 1 rings (SSSR count). The summed E-state index contributed by atoms with van der Waals surface area (Å²) in [7, 11) is -6.19. The predicted octanol–water partition coefficient (Wildman–Crippen LogP) is -0.210. The maximum absolute atomic E-state index is 11.4. The first-order valence-electron chi connectivity index (χ1n) is 6.51.